The molecule has 0 bridgehead atoms. The second-order valence-electron chi connectivity index (χ2n) is 21.2. The third kappa shape index (κ3) is 8.20. The summed E-state index contributed by atoms with van der Waals surface area (Å²) in [4.78, 5) is 28.9. The molecule has 3 aliphatic rings. The van der Waals surface area contributed by atoms with E-state index in [1.165, 1.54) is 6.07 Å². The summed E-state index contributed by atoms with van der Waals surface area (Å²) in [5, 5.41) is 3.06. The number of hydrogen-bond donors (Lipinski definition) is 1. The van der Waals surface area contributed by atoms with E-state index in [9.17, 15) is 9.18 Å². The Hall–Kier alpha value is -5.30. The van der Waals surface area contributed by atoms with Gasteiger partial charge >= 0.3 is 14.3 Å². The highest BCUT2D eigenvalue weighted by molar-refractivity contribution is 7.00. The van der Waals surface area contributed by atoms with Crippen molar-refractivity contribution in [1.29, 1.82) is 0 Å². The van der Waals surface area contributed by atoms with E-state index in [0.29, 0.717) is 51.9 Å². The molecule has 0 radical (unpaired) electrons. The number of halogens is 2. The summed E-state index contributed by atoms with van der Waals surface area (Å²) in [7, 11) is -5.47. The maximum absolute atomic E-state index is 16.7. The monoisotopic (exact) mass is 941 g/mol. The van der Waals surface area contributed by atoms with Crippen molar-refractivity contribution in [2.75, 3.05) is 19.7 Å². The van der Waals surface area contributed by atoms with Crippen molar-refractivity contribution < 1.29 is 22.7 Å². The molecule has 4 heterocycles. The molecule has 0 spiro atoms. The molecule has 9 nitrogen and oxygen atoms in total. The van der Waals surface area contributed by atoms with Crippen molar-refractivity contribution in [2.45, 2.75) is 140 Å². The normalized spacial score (nSPS) is 19.3. The number of ether oxygens (including phenoxy) is 2. The van der Waals surface area contributed by atoms with Crippen molar-refractivity contribution in [3.05, 3.63) is 107 Å². The number of imidazole rings is 1. The van der Waals surface area contributed by atoms with Gasteiger partial charge in [-0.15, -0.1) is 5.54 Å². The van der Waals surface area contributed by atoms with E-state index in [-0.39, 0.29) is 46.4 Å². The van der Waals surface area contributed by atoms with Crippen LogP contribution < -0.4 is 29.8 Å². The topological polar surface area (TPSA) is 94.5 Å². The lowest BCUT2D eigenvalue weighted by Crippen LogP contribution is -2.68. The van der Waals surface area contributed by atoms with Crippen LogP contribution in [0.5, 0.6) is 23.5 Å². The summed E-state index contributed by atoms with van der Waals surface area (Å²) in [5.74, 6) is 3.88. The number of fused-ring (bicyclic) bond motifs is 3. The van der Waals surface area contributed by atoms with Crippen LogP contribution in [0.3, 0.4) is 0 Å². The van der Waals surface area contributed by atoms with Crippen LogP contribution in [0.2, 0.25) is 21.7 Å². The summed E-state index contributed by atoms with van der Waals surface area (Å²) in [6, 6.07) is 28.1. The van der Waals surface area contributed by atoms with Gasteiger partial charge in [0.15, 0.2) is 11.2 Å². The summed E-state index contributed by atoms with van der Waals surface area (Å²) in [5.41, 5.74) is 4.63. The average molecular weight is 942 g/mol. The van der Waals surface area contributed by atoms with Crippen LogP contribution >= 0.6 is 0 Å². The van der Waals surface area contributed by atoms with Crippen molar-refractivity contribution in [3.8, 4) is 35.0 Å². The highest BCUT2D eigenvalue weighted by atomic mass is 28.4. The van der Waals surface area contributed by atoms with E-state index in [4.69, 9.17) is 23.9 Å². The van der Waals surface area contributed by atoms with E-state index in [1.807, 2.05) is 28.8 Å². The second kappa shape index (κ2) is 18.0. The van der Waals surface area contributed by atoms with Gasteiger partial charge in [0.25, 0.3) is 11.6 Å². The largest absolute Gasteiger partial charge is 0.534 e. The fourth-order valence-electron chi connectivity index (χ4n) is 11.9. The van der Waals surface area contributed by atoms with Crippen LogP contribution in [0.25, 0.3) is 21.9 Å². The smallest absolute Gasteiger partial charge is 0.319 e. The first-order valence-electron chi connectivity index (χ1n) is 24.3. The minimum atomic E-state index is -3.16. The van der Waals surface area contributed by atoms with Gasteiger partial charge in [-0.3, -0.25) is 19.2 Å². The Morgan fingerprint density at radius 3 is 2.15 bits per heavy atom. The van der Waals surface area contributed by atoms with E-state index in [2.05, 4.69) is 132 Å². The molecule has 1 aliphatic carbocycles. The Labute approximate surface area is 395 Å². The van der Waals surface area contributed by atoms with Crippen LogP contribution in [0.4, 0.5) is 8.78 Å². The SMILES string of the molecule is CC(C)[Si](C#Cc1c(F)ccc2cc(O[Si](c3ccccc3)(c3ccccc3)C(C)(C)C)cc(Oc3nc4nc(OC[C@@]56CCCN5C[C@H](F)C6)[nH]c(=O)c4n3C3CCC3)c12)(C(C)C)C(C)C. The molecule has 6 aromatic rings. The molecule has 2 aromatic heterocycles. The lowest BCUT2D eigenvalue weighted by atomic mass is 9.93. The molecule has 2 atom stereocenters. The number of nitrogens with one attached hydrogen (secondary N) is 1. The van der Waals surface area contributed by atoms with Gasteiger partial charge in [-0.25, -0.2) is 8.78 Å². The molecule has 9 rings (SSSR count). The number of aromatic amines is 1. The summed E-state index contributed by atoms with van der Waals surface area (Å²) in [6.45, 7) is 21.6. The summed E-state index contributed by atoms with van der Waals surface area (Å²) >= 11 is 0. The van der Waals surface area contributed by atoms with Crippen molar-refractivity contribution in [1.82, 2.24) is 24.4 Å². The van der Waals surface area contributed by atoms with Gasteiger partial charge in [0.05, 0.1) is 11.1 Å². The van der Waals surface area contributed by atoms with Crippen molar-refractivity contribution in [2.24, 2.45) is 0 Å². The molecule has 3 fully saturated rings. The van der Waals surface area contributed by atoms with Gasteiger partial charge in [0.1, 0.15) is 38.2 Å². The van der Waals surface area contributed by atoms with Crippen LogP contribution in [-0.4, -0.2) is 72.2 Å². The van der Waals surface area contributed by atoms with Gasteiger partial charge in [-0.2, -0.15) is 9.97 Å². The van der Waals surface area contributed by atoms with Crippen LogP contribution in [0.15, 0.2) is 89.7 Å². The minimum absolute atomic E-state index is 0.0322. The first kappa shape index (κ1) is 46.8. The van der Waals surface area contributed by atoms with Gasteiger partial charge in [0, 0.05) is 30.5 Å². The number of alkyl halides is 1. The summed E-state index contributed by atoms with van der Waals surface area (Å²) < 4.78 is 54.1. The molecular formula is C54H65F2N5O4Si2. The van der Waals surface area contributed by atoms with Crippen LogP contribution in [-0.2, 0) is 0 Å². The van der Waals surface area contributed by atoms with Crippen molar-refractivity contribution in [3.63, 3.8) is 0 Å². The Balaban J connectivity index is 1.23. The van der Waals surface area contributed by atoms with Crippen LogP contribution in [0.1, 0.15) is 112 Å². The minimum Gasteiger partial charge on any atom is -0.534 e. The molecule has 67 heavy (non-hydrogen) atoms. The number of aromatic nitrogens is 4. The third-order valence-electron chi connectivity index (χ3n) is 15.3. The zero-order chi connectivity index (χ0) is 47.5. The molecular weight excluding hydrogens is 877 g/mol. The standard InChI is InChI=1S/C54H65F2N5O4Si2/c1-35(2)66(36(3)4,37(5)6)29-26-44-45(56)25-24-38-30-41(65-67(53(7,8)9,42-20-12-10-13-21-42)43-22-14-11-15-23-43)31-46(47(38)44)64-52-58-49-48(61(52)40-18-16-19-40)50(62)59-51(57-49)63-34-54-27-17-28-60(54)33-39(55)32-54/h10-15,20-25,30-31,35-37,39-40H,16-19,27-28,32-34H2,1-9H3,(H,57,59,62)/t39-,54+/m1/s1. The average Bonchev–Trinajstić information content (AvgIpc) is 3.92. The Kier molecular flexibility index (Phi) is 12.6. The summed E-state index contributed by atoms with van der Waals surface area (Å²) in [6.07, 6.45) is 3.89. The van der Waals surface area contributed by atoms with Crippen molar-refractivity contribution >= 4 is 48.7 Å². The predicted octanol–water partition coefficient (Wildman–Crippen LogP) is 11.4. The fraction of sp³-hybridized carbons (Fsp3) is 0.463. The second-order valence-corrected chi connectivity index (χ2v) is 31.0. The van der Waals surface area contributed by atoms with Gasteiger partial charge in [0.2, 0.25) is 0 Å². The highest BCUT2D eigenvalue weighted by Crippen LogP contribution is 2.46. The Morgan fingerprint density at radius 1 is 0.896 bits per heavy atom. The molecule has 2 saturated heterocycles. The molecule has 0 amide bonds. The Bertz CT molecular complexity index is 2840. The maximum Gasteiger partial charge on any atom is 0.319 e. The van der Waals surface area contributed by atoms with E-state index < -0.39 is 39.5 Å². The molecule has 13 heteroatoms. The number of rotatable bonds is 13. The lowest BCUT2D eigenvalue weighted by Gasteiger charge is -2.43. The maximum atomic E-state index is 16.7. The van der Waals surface area contributed by atoms with Gasteiger partial charge in [-0.05, 0) is 88.2 Å². The zero-order valence-corrected chi connectivity index (χ0v) is 42.5. The van der Waals surface area contributed by atoms with E-state index in [1.54, 1.807) is 6.07 Å². The lowest BCUT2D eigenvalue weighted by molar-refractivity contribution is 0.107. The van der Waals surface area contributed by atoms with E-state index in [0.717, 1.165) is 49.0 Å². The third-order valence-corrected chi connectivity index (χ3v) is 26.6. The molecule has 1 N–H and O–H groups in total. The molecule has 0 unspecified atom stereocenters. The number of nitrogens with zero attached hydrogens (tertiary/aromatic N) is 4. The number of benzene rings is 4. The first-order valence-corrected chi connectivity index (χ1v) is 28.4. The molecule has 352 valence electrons. The number of H-pyrrole nitrogens is 1. The van der Waals surface area contributed by atoms with Crippen LogP contribution in [0, 0.1) is 17.3 Å². The number of hydrogen-bond acceptors (Lipinski definition) is 7. The quantitative estimate of drug-likeness (QED) is 0.0910. The van der Waals surface area contributed by atoms with E-state index >= 15 is 4.39 Å². The van der Waals surface area contributed by atoms with Gasteiger partial charge in [-0.1, -0.05) is 135 Å². The predicted molar refractivity (Wildman–Crippen MR) is 270 cm³/mol. The Morgan fingerprint density at radius 2 is 1.55 bits per heavy atom. The molecule has 2 aliphatic heterocycles. The molecule has 1 saturated carbocycles. The molecule has 4 aromatic carbocycles. The first-order chi connectivity index (χ1) is 32.0. The van der Waals surface area contributed by atoms with Gasteiger partial charge < -0.3 is 13.9 Å². The highest BCUT2D eigenvalue weighted by Gasteiger charge is 2.53. The fourth-order valence-corrected chi connectivity index (χ4v) is 21.5. The zero-order valence-electron chi connectivity index (χ0n) is 40.5.